The number of carbonyl (C=O) groups excluding carboxylic acids is 1. The zero-order valence-electron chi connectivity index (χ0n) is 16.0. The van der Waals surface area contributed by atoms with Crippen molar-refractivity contribution >= 4 is 34.5 Å². The molecule has 0 spiro atoms. The average Bonchev–Trinajstić information content (AvgIpc) is 2.70. The van der Waals surface area contributed by atoms with Gasteiger partial charge in [0.15, 0.2) is 6.61 Å². The average molecular weight is 397 g/mol. The largest absolute Gasteiger partial charge is 0.496 e. The van der Waals surface area contributed by atoms with Crippen LogP contribution >= 0.6 is 11.6 Å². The van der Waals surface area contributed by atoms with Crippen LogP contribution in [0.15, 0.2) is 53.6 Å². The number of hydrogen-bond acceptors (Lipinski definition) is 4. The first-order valence-electron chi connectivity index (χ1n) is 8.77. The van der Waals surface area contributed by atoms with Gasteiger partial charge in [0.05, 0.1) is 13.3 Å². The van der Waals surface area contributed by atoms with E-state index in [9.17, 15) is 4.79 Å². The van der Waals surface area contributed by atoms with Crippen molar-refractivity contribution in [3.8, 4) is 11.5 Å². The van der Waals surface area contributed by atoms with Crippen LogP contribution in [0, 0.1) is 13.8 Å². The highest BCUT2D eigenvalue weighted by Gasteiger charge is 2.08. The van der Waals surface area contributed by atoms with E-state index in [1.54, 1.807) is 25.5 Å². The van der Waals surface area contributed by atoms with Crippen LogP contribution in [-0.2, 0) is 4.79 Å². The Balaban J connectivity index is 1.66. The molecular formula is C22H21ClN2O3. The quantitative estimate of drug-likeness (QED) is 0.487. The molecule has 0 saturated heterocycles. The molecule has 5 nitrogen and oxygen atoms in total. The molecular weight excluding hydrogens is 376 g/mol. The maximum atomic E-state index is 12.1. The molecule has 0 aliphatic rings. The van der Waals surface area contributed by atoms with Gasteiger partial charge in [-0.15, -0.1) is 0 Å². The van der Waals surface area contributed by atoms with Crippen LogP contribution in [0.4, 0.5) is 0 Å². The van der Waals surface area contributed by atoms with E-state index in [4.69, 9.17) is 21.1 Å². The van der Waals surface area contributed by atoms with Crippen molar-refractivity contribution < 1.29 is 14.3 Å². The molecule has 0 atom stereocenters. The van der Waals surface area contributed by atoms with Crippen molar-refractivity contribution in [3.63, 3.8) is 0 Å². The van der Waals surface area contributed by atoms with Crippen LogP contribution < -0.4 is 14.9 Å². The second-order valence-corrected chi connectivity index (χ2v) is 6.73. The van der Waals surface area contributed by atoms with E-state index in [0.29, 0.717) is 16.5 Å². The van der Waals surface area contributed by atoms with Crippen molar-refractivity contribution in [1.29, 1.82) is 0 Å². The predicted octanol–water partition coefficient (Wildman–Crippen LogP) is 4.65. The first-order valence-corrected chi connectivity index (χ1v) is 9.14. The number of halogens is 1. The molecule has 0 radical (unpaired) electrons. The van der Waals surface area contributed by atoms with Crippen molar-refractivity contribution in [2.75, 3.05) is 13.7 Å². The molecule has 0 unspecified atom stereocenters. The summed E-state index contributed by atoms with van der Waals surface area (Å²) in [5.74, 6) is 0.912. The molecule has 28 heavy (non-hydrogen) atoms. The second kappa shape index (κ2) is 8.76. The number of methoxy groups -OCH3 is 1. The smallest absolute Gasteiger partial charge is 0.277 e. The fraction of sp³-hybridized carbons (Fsp3) is 0.182. The Morgan fingerprint density at radius 3 is 2.57 bits per heavy atom. The standard InChI is InChI=1S/C22H21ClN2O3/c1-14-10-17(11-15(2)22(14)23)28-13-21(26)25-24-12-19-18-7-5-4-6-16(18)8-9-20(19)27-3/h4-12H,13H2,1-3H3,(H,25,26). The van der Waals surface area contributed by atoms with Crippen LogP contribution in [0.1, 0.15) is 16.7 Å². The van der Waals surface area contributed by atoms with E-state index >= 15 is 0 Å². The van der Waals surface area contributed by atoms with Gasteiger partial charge in [-0.25, -0.2) is 5.43 Å². The molecule has 0 bridgehead atoms. The molecule has 3 rings (SSSR count). The van der Waals surface area contributed by atoms with Gasteiger partial charge in [0.1, 0.15) is 11.5 Å². The second-order valence-electron chi connectivity index (χ2n) is 6.36. The van der Waals surface area contributed by atoms with Crippen LogP contribution in [0.3, 0.4) is 0 Å². The lowest BCUT2D eigenvalue weighted by atomic mass is 10.0. The lowest BCUT2D eigenvalue weighted by molar-refractivity contribution is -0.123. The SMILES string of the molecule is COc1ccc2ccccc2c1C=NNC(=O)COc1cc(C)c(Cl)c(C)c1. The van der Waals surface area contributed by atoms with Gasteiger partial charge in [-0.2, -0.15) is 5.10 Å². The van der Waals surface area contributed by atoms with Gasteiger partial charge in [-0.05, 0) is 53.9 Å². The lowest BCUT2D eigenvalue weighted by Gasteiger charge is -2.10. The summed E-state index contributed by atoms with van der Waals surface area (Å²) in [5, 5.41) is 6.81. The summed E-state index contributed by atoms with van der Waals surface area (Å²) in [6.45, 7) is 3.64. The third-order valence-electron chi connectivity index (χ3n) is 4.31. The molecule has 0 saturated carbocycles. The maximum Gasteiger partial charge on any atom is 0.277 e. The third-order valence-corrected chi connectivity index (χ3v) is 4.91. The van der Waals surface area contributed by atoms with Gasteiger partial charge >= 0.3 is 0 Å². The van der Waals surface area contributed by atoms with Gasteiger partial charge in [-0.1, -0.05) is 41.9 Å². The number of fused-ring (bicyclic) bond motifs is 1. The molecule has 144 valence electrons. The molecule has 6 heteroatoms. The number of carbonyl (C=O) groups is 1. The molecule has 0 heterocycles. The van der Waals surface area contributed by atoms with E-state index in [-0.39, 0.29) is 12.5 Å². The van der Waals surface area contributed by atoms with E-state index < -0.39 is 0 Å². The molecule has 1 N–H and O–H groups in total. The number of ether oxygens (including phenoxy) is 2. The fourth-order valence-electron chi connectivity index (χ4n) is 2.93. The minimum Gasteiger partial charge on any atom is -0.496 e. The zero-order valence-corrected chi connectivity index (χ0v) is 16.7. The Morgan fingerprint density at radius 1 is 1.14 bits per heavy atom. The lowest BCUT2D eigenvalue weighted by Crippen LogP contribution is -2.24. The topological polar surface area (TPSA) is 59.9 Å². The Bertz CT molecular complexity index is 1020. The van der Waals surface area contributed by atoms with Gasteiger partial charge in [0, 0.05) is 10.6 Å². The molecule has 0 aromatic heterocycles. The summed E-state index contributed by atoms with van der Waals surface area (Å²) in [6.07, 6.45) is 1.58. The van der Waals surface area contributed by atoms with E-state index in [0.717, 1.165) is 27.5 Å². The highest BCUT2D eigenvalue weighted by atomic mass is 35.5. The molecule has 3 aromatic carbocycles. The number of aryl methyl sites for hydroxylation is 2. The fourth-order valence-corrected chi connectivity index (χ4v) is 3.04. The third kappa shape index (κ3) is 4.43. The van der Waals surface area contributed by atoms with Crippen LogP contribution in [0.25, 0.3) is 10.8 Å². The number of benzene rings is 3. The Kier molecular flexibility index (Phi) is 6.16. The normalized spacial score (nSPS) is 11.0. The summed E-state index contributed by atoms with van der Waals surface area (Å²) < 4.78 is 10.9. The highest BCUT2D eigenvalue weighted by Crippen LogP contribution is 2.27. The van der Waals surface area contributed by atoms with E-state index in [1.165, 1.54) is 0 Å². The Morgan fingerprint density at radius 2 is 1.86 bits per heavy atom. The summed E-state index contributed by atoms with van der Waals surface area (Å²) in [6, 6.07) is 15.4. The minimum atomic E-state index is -0.360. The number of nitrogens with zero attached hydrogens (tertiary/aromatic N) is 1. The Labute approximate surface area is 168 Å². The van der Waals surface area contributed by atoms with Gasteiger partial charge in [0.25, 0.3) is 5.91 Å². The molecule has 0 aliphatic heterocycles. The summed E-state index contributed by atoms with van der Waals surface area (Å²) in [7, 11) is 1.60. The maximum absolute atomic E-state index is 12.1. The summed E-state index contributed by atoms with van der Waals surface area (Å²) in [5.41, 5.74) is 5.08. The van der Waals surface area contributed by atoms with Gasteiger partial charge < -0.3 is 9.47 Å². The van der Waals surface area contributed by atoms with Crippen LogP contribution in [0.2, 0.25) is 5.02 Å². The molecule has 0 fully saturated rings. The van der Waals surface area contributed by atoms with Crippen molar-refractivity contribution in [2.24, 2.45) is 5.10 Å². The first-order chi connectivity index (χ1) is 13.5. The van der Waals surface area contributed by atoms with E-state index in [1.807, 2.05) is 50.2 Å². The van der Waals surface area contributed by atoms with Crippen LogP contribution in [-0.4, -0.2) is 25.8 Å². The number of hydrazone groups is 1. The monoisotopic (exact) mass is 396 g/mol. The number of rotatable bonds is 6. The zero-order chi connectivity index (χ0) is 20.1. The van der Waals surface area contributed by atoms with Crippen molar-refractivity contribution in [2.45, 2.75) is 13.8 Å². The van der Waals surface area contributed by atoms with Crippen molar-refractivity contribution in [1.82, 2.24) is 5.43 Å². The Hall–Kier alpha value is -3.05. The van der Waals surface area contributed by atoms with Crippen molar-refractivity contribution in [3.05, 3.63) is 70.2 Å². The minimum absolute atomic E-state index is 0.148. The van der Waals surface area contributed by atoms with E-state index in [2.05, 4.69) is 10.5 Å². The van der Waals surface area contributed by atoms with Crippen LogP contribution in [0.5, 0.6) is 11.5 Å². The van der Waals surface area contributed by atoms with Gasteiger partial charge in [0.2, 0.25) is 0 Å². The molecule has 1 amide bonds. The summed E-state index contributed by atoms with van der Waals surface area (Å²) >= 11 is 6.14. The molecule has 3 aromatic rings. The highest BCUT2D eigenvalue weighted by molar-refractivity contribution is 6.32. The molecule has 0 aliphatic carbocycles. The predicted molar refractivity (Wildman–Crippen MR) is 113 cm³/mol. The number of hydrogen-bond donors (Lipinski definition) is 1. The number of nitrogens with one attached hydrogen (secondary N) is 1. The summed E-state index contributed by atoms with van der Waals surface area (Å²) in [4.78, 5) is 12.1. The number of amides is 1. The first kappa shape index (κ1) is 19.7. The van der Waals surface area contributed by atoms with Gasteiger partial charge in [-0.3, -0.25) is 4.79 Å².